The van der Waals surface area contributed by atoms with Gasteiger partial charge in [-0.2, -0.15) is 5.10 Å². The minimum absolute atomic E-state index is 0.0867. The fourth-order valence-electron chi connectivity index (χ4n) is 0.946. The molecular weight excluding hydrogens is 144 g/mol. The Labute approximate surface area is 62.9 Å². The maximum atomic E-state index is 10.7. The van der Waals surface area contributed by atoms with Gasteiger partial charge in [-0.25, -0.2) is 5.43 Å². The molecule has 0 saturated carbocycles. The van der Waals surface area contributed by atoms with Crippen molar-refractivity contribution in [1.82, 2.24) is 5.43 Å². The number of hydrogen-bond acceptors (Lipinski definition) is 3. The summed E-state index contributed by atoms with van der Waals surface area (Å²) >= 11 is 0. The van der Waals surface area contributed by atoms with Crippen molar-refractivity contribution in [2.24, 2.45) is 5.10 Å². The summed E-state index contributed by atoms with van der Waals surface area (Å²) in [6, 6.07) is 3.54. The predicted molar refractivity (Wildman–Crippen MR) is 38.0 cm³/mol. The summed E-state index contributed by atoms with van der Waals surface area (Å²) in [5.74, 6) is 0.569. The Morgan fingerprint density at radius 1 is 1.64 bits per heavy atom. The van der Waals surface area contributed by atoms with Gasteiger partial charge in [-0.1, -0.05) is 0 Å². The van der Waals surface area contributed by atoms with Gasteiger partial charge in [-0.05, 0) is 12.1 Å². The normalized spacial score (nSPS) is 16.4. The SMILES string of the molecule is O=C1CC(c2ccco2)=NN1. The molecule has 56 valence electrons. The summed E-state index contributed by atoms with van der Waals surface area (Å²) < 4.78 is 5.04. The Bertz CT molecular complexity index is 300. The van der Waals surface area contributed by atoms with Crippen LogP contribution >= 0.6 is 0 Å². The van der Waals surface area contributed by atoms with Crippen LogP contribution in [0.1, 0.15) is 12.2 Å². The van der Waals surface area contributed by atoms with Crippen molar-refractivity contribution in [3.05, 3.63) is 24.2 Å². The number of nitrogens with one attached hydrogen (secondary N) is 1. The van der Waals surface area contributed by atoms with Crippen molar-refractivity contribution in [3.63, 3.8) is 0 Å². The zero-order chi connectivity index (χ0) is 7.68. The van der Waals surface area contributed by atoms with E-state index in [9.17, 15) is 4.79 Å². The third kappa shape index (κ3) is 1.02. The highest BCUT2D eigenvalue weighted by Crippen LogP contribution is 2.08. The molecule has 0 unspecified atom stereocenters. The van der Waals surface area contributed by atoms with Crippen LogP contribution in [0.3, 0.4) is 0 Å². The van der Waals surface area contributed by atoms with Crippen LogP contribution in [0.2, 0.25) is 0 Å². The zero-order valence-electron chi connectivity index (χ0n) is 5.70. The minimum Gasteiger partial charge on any atom is -0.463 e. The highest BCUT2D eigenvalue weighted by Gasteiger charge is 2.17. The third-order valence-corrected chi connectivity index (χ3v) is 1.45. The summed E-state index contributed by atoms with van der Waals surface area (Å²) in [7, 11) is 0. The first-order valence-corrected chi connectivity index (χ1v) is 3.25. The molecule has 1 N–H and O–H groups in total. The fraction of sp³-hybridized carbons (Fsp3) is 0.143. The van der Waals surface area contributed by atoms with Crippen LogP contribution in [0, 0.1) is 0 Å². The molecule has 0 aliphatic carbocycles. The van der Waals surface area contributed by atoms with Crippen LogP contribution in [0.15, 0.2) is 27.9 Å². The number of amides is 1. The molecule has 0 atom stereocenters. The number of rotatable bonds is 1. The molecule has 0 spiro atoms. The highest BCUT2D eigenvalue weighted by molar-refractivity contribution is 6.12. The smallest absolute Gasteiger partial charge is 0.246 e. The molecule has 0 aromatic carbocycles. The summed E-state index contributed by atoms with van der Waals surface area (Å²) in [5.41, 5.74) is 3.01. The lowest BCUT2D eigenvalue weighted by atomic mass is 10.2. The quantitative estimate of drug-likeness (QED) is 0.633. The molecule has 4 heteroatoms. The second-order valence-electron chi connectivity index (χ2n) is 2.25. The van der Waals surface area contributed by atoms with Crippen molar-refractivity contribution in [1.29, 1.82) is 0 Å². The average Bonchev–Trinajstić information content (AvgIpc) is 2.55. The van der Waals surface area contributed by atoms with Gasteiger partial charge in [0.05, 0.1) is 12.7 Å². The Hall–Kier alpha value is -1.58. The van der Waals surface area contributed by atoms with Crippen molar-refractivity contribution in [2.75, 3.05) is 0 Å². The zero-order valence-corrected chi connectivity index (χ0v) is 5.70. The first kappa shape index (κ1) is 6.15. The number of furan rings is 1. The van der Waals surface area contributed by atoms with Gasteiger partial charge in [0.25, 0.3) is 0 Å². The second kappa shape index (κ2) is 2.23. The molecule has 0 saturated heterocycles. The van der Waals surface area contributed by atoms with E-state index in [-0.39, 0.29) is 5.91 Å². The molecule has 2 heterocycles. The van der Waals surface area contributed by atoms with Gasteiger partial charge in [0.2, 0.25) is 5.91 Å². The second-order valence-corrected chi connectivity index (χ2v) is 2.25. The molecule has 4 nitrogen and oxygen atoms in total. The van der Waals surface area contributed by atoms with Crippen LogP contribution in [0.25, 0.3) is 0 Å². The fourth-order valence-corrected chi connectivity index (χ4v) is 0.946. The Kier molecular flexibility index (Phi) is 1.25. The lowest BCUT2D eigenvalue weighted by molar-refractivity contribution is -0.119. The molecule has 1 aromatic rings. The number of carbonyl (C=O) groups excluding carboxylic acids is 1. The van der Waals surface area contributed by atoms with E-state index < -0.39 is 0 Å². The van der Waals surface area contributed by atoms with E-state index in [1.54, 1.807) is 18.4 Å². The largest absolute Gasteiger partial charge is 0.463 e. The van der Waals surface area contributed by atoms with Crippen LogP contribution < -0.4 is 5.43 Å². The number of hydrazone groups is 1. The number of hydrogen-bond donors (Lipinski definition) is 1. The lowest BCUT2D eigenvalue weighted by Gasteiger charge is -1.87. The molecule has 11 heavy (non-hydrogen) atoms. The van der Waals surface area contributed by atoms with E-state index in [0.717, 1.165) is 0 Å². The Balaban J connectivity index is 2.26. The first-order chi connectivity index (χ1) is 5.36. The molecule has 1 aliphatic heterocycles. The molecule has 1 aliphatic rings. The van der Waals surface area contributed by atoms with Crippen LogP contribution in [-0.2, 0) is 4.79 Å². The molecule has 2 rings (SSSR count). The van der Waals surface area contributed by atoms with Crippen LogP contribution in [0.5, 0.6) is 0 Å². The maximum Gasteiger partial charge on any atom is 0.246 e. The number of nitrogens with zero attached hydrogens (tertiary/aromatic N) is 1. The van der Waals surface area contributed by atoms with Gasteiger partial charge in [0.1, 0.15) is 11.5 Å². The summed E-state index contributed by atoms with van der Waals surface area (Å²) in [4.78, 5) is 10.7. The van der Waals surface area contributed by atoms with Crippen molar-refractivity contribution in [2.45, 2.75) is 6.42 Å². The molecule has 0 fully saturated rings. The first-order valence-electron chi connectivity index (χ1n) is 3.25. The van der Waals surface area contributed by atoms with Gasteiger partial charge in [0.15, 0.2) is 0 Å². The van der Waals surface area contributed by atoms with E-state index in [4.69, 9.17) is 4.42 Å². The van der Waals surface area contributed by atoms with Gasteiger partial charge in [-0.15, -0.1) is 0 Å². The van der Waals surface area contributed by atoms with Crippen molar-refractivity contribution >= 4 is 11.6 Å². The molecule has 0 radical (unpaired) electrons. The van der Waals surface area contributed by atoms with Gasteiger partial charge < -0.3 is 4.42 Å². The monoisotopic (exact) mass is 150 g/mol. The minimum atomic E-state index is -0.0867. The highest BCUT2D eigenvalue weighted by atomic mass is 16.3. The summed E-state index contributed by atoms with van der Waals surface area (Å²) in [6.45, 7) is 0. The van der Waals surface area contributed by atoms with Crippen molar-refractivity contribution < 1.29 is 9.21 Å². The van der Waals surface area contributed by atoms with E-state index >= 15 is 0 Å². The third-order valence-electron chi connectivity index (χ3n) is 1.45. The van der Waals surface area contributed by atoms with Gasteiger partial charge in [0, 0.05) is 0 Å². The van der Waals surface area contributed by atoms with Crippen molar-refractivity contribution in [3.8, 4) is 0 Å². The summed E-state index contributed by atoms with van der Waals surface area (Å²) in [5, 5.41) is 3.78. The van der Waals surface area contributed by atoms with E-state index in [2.05, 4.69) is 10.5 Å². The molecule has 0 bridgehead atoms. The van der Waals surface area contributed by atoms with Crippen LogP contribution in [-0.4, -0.2) is 11.6 Å². The lowest BCUT2D eigenvalue weighted by Crippen LogP contribution is -2.09. The Morgan fingerprint density at radius 3 is 3.09 bits per heavy atom. The topological polar surface area (TPSA) is 54.6 Å². The standard InChI is InChI=1S/C7H6N2O2/c10-7-4-5(8-9-7)6-2-1-3-11-6/h1-3H,4H2,(H,9,10). The average molecular weight is 150 g/mol. The molecule has 1 amide bonds. The van der Waals surface area contributed by atoms with E-state index in [0.29, 0.717) is 17.9 Å². The van der Waals surface area contributed by atoms with E-state index in [1.807, 2.05) is 0 Å². The van der Waals surface area contributed by atoms with Gasteiger partial charge >= 0.3 is 0 Å². The van der Waals surface area contributed by atoms with Gasteiger partial charge in [-0.3, -0.25) is 4.79 Å². The summed E-state index contributed by atoms with van der Waals surface area (Å²) in [6.07, 6.45) is 1.87. The van der Waals surface area contributed by atoms with E-state index in [1.165, 1.54) is 0 Å². The molecule has 1 aromatic heterocycles. The Morgan fingerprint density at radius 2 is 2.55 bits per heavy atom. The maximum absolute atomic E-state index is 10.7. The predicted octanol–water partition coefficient (Wildman–Crippen LogP) is 0.504. The van der Waals surface area contributed by atoms with Crippen LogP contribution in [0.4, 0.5) is 0 Å². The molecular formula is C7H6N2O2. The number of carbonyl (C=O) groups is 1.